The van der Waals surface area contributed by atoms with Crippen molar-refractivity contribution in [1.29, 1.82) is 0 Å². The van der Waals surface area contributed by atoms with Crippen LogP contribution in [-0.2, 0) is 6.42 Å². The van der Waals surface area contributed by atoms with Crippen LogP contribution in [0.3, 0.4) is 0 Å². The van der Waals surface area contributed by atoms with Crippen LogP contribution in [0.25, 0.3) is 0 Å². The standard InChI is InChI=1S/C12H12N2O2/c1-2-11-13-6-7-14(11)12(16)9-4-3-5-10(15)8-9/h3-8,15H,2H2,1H3. The number of benzene rings is 1. The van der Waals surface area contributed by atoms with Gasteiger partial charge in [0.1, 0.15) is 11.6 Å². The highest BCUT2D eigenvalue weighted by Gasteiger charge is 2.11. The van der Waals surface area contributed by atoms with Gasteiger partial charge < -0.3 is 5.11 Å². The Hall–Kier alpha value is -2.10. The van der Waals surface area contributed by atoms with Gasteiger partial charge in [-0.2, -0.15) is 0 Å². The summed E-state index contributed by atoms with van der Waals surface area (Å²) in [4.78, 5) is 16.1. The molecule has 0 fully saturated rings. The highest BCUT2D eigenvalue weighted by molar-refractivity contribution is 5.96. The summed E-state index contributed by atoms with van der Waals surface area (Å²) >= 11 is 0. The Morgan fingerprint density at radius 1 is 1.50 bits per heavy atom. The zero-order valence-electron chi connectivity index (χ0n) is 8.92. The van der Waals surface area contributed by atoms with Crippen molar-refractivity contribution in [1.82, 2.24) is 9.55 Å². The van der Waals surface area contributed by atoms with E-state index in [1.165, 1.54) is 16.7 Å². The number of rotatable bonds is 2. The molecule has 0 spiro atoms. The van der Waals surface area contributed by atoms with Crippen molar-refractivity contribution in [2.45, 2.75) is 13.3 Å². The minimum Gasteiger partial charge on any atom is -0.508 e. The summed E-state index contributed by atoms with van der Waals surface area (Å²) in [6.07, 6.45) is 3.92. The fraction of sp³-hybridized carbons (Fsp3) is 0.167. The van der Waals surface area contributed by atoms with Crippen molar-refractivity contribution in [2.75, 3.05) is 0 Å². The van der Waals surface area contributed by atoms with E-state index in [2.05, 4.69) is 4.98 Å². The lowest BCUT2D eigenvalue weighted by Gasteiger charge is -2.05. The number of carbonyl (C=O) groups is 1. The smallest absolute Gasteiger partial charge is 0.263 e. The van der Waals surface area contributed by atoms with Crippen LogP contribution in [0.2, 0.25) is 0 Å². The normalized spacial score (nSPS) is 10.3. The molecule has 82 valence electrons. The Labute approximate surface area is 93.2 Å². The van der Waals surface area contributed by atoms with Crippen molar-refractivity contribution >= 4 is 5.91 Å². The molecule has 0 aliphatic rings. The zero-order chi connectivity index (χ0) is 11.5. The third kappa shape index (κ3) is 1.82. The second kappa shape index (κ2) is 4.18. The number of aromatic hydroxyl groups is 1. The van der Waals surface area contributed by atoms with E-state index in [0.29, 0.717) is 17.8 Å². The fourth-order valence-electron chi connectivity index (χ4n) is 1.56. The molecule has 0 aliphatic carbocycles. The first-order valence-corrected chi connectivity index (χ1v) is 5.08. The maximum Gasteiger partial charge on any atom is 0.263 e. The third-order valence-corrected chi connectivity index (χ3v) is 2.35. The number of carbonyl (C=O) groups excluding carboxylic acids is 1. The molecule has 2 rings (SSSR count). The summed E-state index contributed by atoms with van der Waals surface area (Å²) in [5.74, 6) is 0.627. The molecule has 1 aromatic heterocycles. The minimum atomic E-state index is -0.176. The summed E-state index contributed by atoms with van der Waals surface area (Å²) < 4.78 is 1.49. The molecule has 0 saturated heterocycles. The van der Waals surface area contributed by atoms with Gasteiger partial charge in [-0.1, -0.05) is 13.0 Å². The highest BCUT2D eigenvalue weighted by atomic mass is 16.3. The van der Waals surface area contributed by atoms with E-state index < -0.39 is 0 Å². The molecule has 0 saturated carbocycles. The van der Waals surface area contributed by atoms with Gasteiger partial charge >= 0.3 is 0 Å². The number of phenolic OH excluding ortho intramolecular Hbond substituents is 1. The van der Waals surface area contributed by atoms with Crippen molar-refractivity contribution in [3.63, 3.8) is 0 Å². The summed E-state index contributed by atoms with van der Waals surface area (Å²) in [7, 11) is 0. The number of imidazole rings is 1. The quantitative estimate of drug-likeness (QED) is 0.833. The van der Waals surface area contributed by atoms with E-state index in [-0.39, 0.29) is 11.7 Å². The van der Waals surface area contributed by atoms with E-state index in [9.17, 15) is 9.90 Å². The lowest BCUT2D eigenvalue weighted by atomic mass is 10.2. The molecule has 2 aromatic rings. The largest absolute Gasteiger partial charge is 0.508 e. The molecule has 0 unspecified atom stereocenters. The van der Waals surface area contributed by atoms with E-state index in [1.807, 2.05) is 6.92 Å². The molecule has 1 N–H and O–H groups in total. The number of hydrogen-bond donors (Lipinski definition) is 1. The maximum absolute atomic E-state index is 12.1. The van der Waals surface area contributed by atoms with Gasteiger partial charge in [-0.3, -0.25) is 9.36 Å². The zero-order valence-corrected chi connectivity index (χ0v) is 8.92. The molecule has 4 nitrogen and oxygen atoms in total. The molecule has 0 radical (unpaired) electrons. The Kier molecular flexibility index (Phi) is 2.72. The molecule has 0 amide bonds. The first kappa shape index (κ1) is 10.4. The summed E-state index contributed by atoms with van der Waals surface area (Å²) in [5, 5.41) is 9.31. The number of phenols is 1. The van der Waals surface area contributed by atoms with Gasteiger partial charge in [-0.15, -0.1) is 0 Å². The molecule has 1 heterocycles. The molecule has 16 heavy (non-hydrogen) atoms. The monoisotopic (exact) mass is 216 g/mol. The first-order chi connectivity index (χ1) is 7.72. The SMILES string of the molecule is CCc1nccn1C(=O)c1cccc(O)c1. The minimum absolute atomic E-state index is 0.0870. The van der Waals surface area contributed by atoms with E-state index >= 15 is 0 Å². The van der Waals surface area contributed by atoms with Crippen LogP contribution in [0.15, 0.2) is 36.7 Å². The summed E-state index contributed by atoms with van der Waals surface area (Å²) in [5.41, 5.74) is 0.452. The summed E-state index contributed by atoms with van der Waals surface area (Å²) in [6, 6.07) is 6.29. The Bertz CT molecular complexity index is 517. The number of aromatic nitrogens is 2. The second-order valence-electron chi connectivity index (χ2n) is 3.42. The Morgan fingerprint density at radius 2 is 2.31 bits per heavy atom. The third-order valence-electron chi connectivity index (χ3n) is 2.35. The van der Waals surface area contributed by atoms with Crippen LogP contribution in [0.1, 0.15) is 23.1 Å². The predicted octanol–water partition coefficient (Wildman–Crippen LogP) is 1.84. The van der Waals surface area contributed by atoms with Gasteiger partial charge in [-0.25, -0.2) is 4.98 Å². The van der Waals surface area contributed by atoms with Gasteiger partial charge in [-0.05, 0) is 18.2 Å². The molecule has 0 bridgehead atoms. The Balaban J connectivity index is 2.39. The first-order valence-electron chi connectivity index (χ1n) is 5.08. The molecular weight excluding hydrogens is 204 g/mol. The van der Waals surface area contributed by atoms with Crippen LogP contribution in [0, 0.1) is 0 Å². The topological polar surface area (TPSA) is 55.1 Å². The van der Waals surface area contributed by atoms with Gasteiger partial charge in [0, 0.05) is 24.4 Å². The van der Waals surface area contributed by atoms with Crippen LogP contribution >= 0.6 is 0 Å². The van der Waals surface area contributed by atoms with Gasteiger partial charge in [0.2, 0.25) is 0 Å². The number of aryl methyl sites for hydroxylation is 1. The predicted molar refractivity (Wildman–Crippen MR) is 59.4 cm³/mol. The lowest BCUT2D eigenvalue weighted by Crippen LogP contribution is -2.13. The van der Waals surface area contributed by atoms with Gasteiger partial charge in [0.05, 0.1) is 0 Å². The van der Waals surface area contributed by atoms with Crippen molar-refractivity contribution in [3.8, 4) is 5.75 Å². The van der Waals surface area contributed by atoms with Crippen molar-refractivity contribution in [3.05, 3.63) is 48.0 Å². The van der Waals surface area contributed by atoms with Gasteiger partial charge in [0.15, 0.2) is 0 Å². The molecular formula is C12H12N2O2. The van der Waals surface area contributed by atoms with E-state index in [1.54, 1.807) is 24.5 Å². The van der Waals surface area contributed by atoms with Crippen molar-refractivity contribution < 1.29 is 9.90 Å². The number of hydrogen-bond acceptors (Lipinski definition) is 3. The van der Waals surface area contributed by atoms with E-state index in [4.69, 9.17) is 0 Å². The average Bonchev–Trinajstić information content (AvgIpc) is 2.76. The van der Waals surface area contributed by atoms with Crippen molar-refractivity contribution in [2.24, 2.45) is 0 Å². The van der Waals surface area contributed by atoms with E-state index in [0.717, 1.165) is 0 Å². The van der Waals surface area contributed by atoms with Crippen LogP contribution in [0.4, 0.5) is 0 Å². The lowest BCUT2D eigenvalue weighted by molar-refractivity contribution is 0.0956. The fourth-order valence-corrected chi connectivity index (χ4v) is 1.56. The second-order valence-corrected chi connectivity index (χ2v) is 3.42. The molecule has 0 aliphatic heterocycles. The van der Waals surface area contributed by atoms with Gasteiger partial charge in [0.25, 0.3) is 5.91 Å². The Morgan fingerprint density at radius 3 is 3.00 bits per heavy atom. The van der Waals surface area contributed by atoms with Crippen LogP contribution in [-0.4, -0.2) is 20.6 Å². The molecule has 0 atom stereocenters. The molecule has 4 heteroatoms. The van der Waals surface area contributed by atoms with Crippen LogP contribution in [0.5, 0.6) is 5.75 Å². The molecule has 1 aromatic carbocycles. The maximum atomic E-state index is 12.1. The van der Waals surface area contributed by atoms with Crippen LogP contribution < -0.4 is 0 Å². The summed E-state index contributed by atoms with van der Waals surface area (Å²) in [6.45, 7) is 1.94. The highest BCUT2D eigenvalue weighted by Crippen LogP contribution is 2.13. The number of nitrogens with zero attached hydrogens (tertiary/aromatic N) is 2. The average molecular weight is 216 g/mol.